The highest BCUT2D eigenvalue weighted by Crippen LogP contribution is 2.19. The highest BCUT2D eigenvalue weighted by Gasteiger charge is 2.20. The lowest BCUT2D eigenvalue weighted by Crippen LogP contribution is -2.17. The number of amides is 1. The van der Waals surface area contributed by atoms with Crippen LogP contribution in [-0.4, -0.2) is 17.0 Å². The summed E-state index contributed by atoms with van der Waals surface area (Å²) in [6.45, 7) is 0. The minimum Gasteiger partial charge on any atom is -0.478 e. The molecule has 0 unspecified atom stereocenters. The first-order chi connectivity index (χ1) is 9.88. The number of halogens is 3. The van der Waals surface area contributed by atoms with Gasteiger partial charge in [0, 0.05) is 10.7 Å². The number of carbonyl (C=O) groups excluding carboxylic acids is 1. The molecule has 21 heavy (non-hydrogen) atoms. The second-order valence-electron chi connectivity index (χ2n) is 4.08. The molecule has 1 amide bonds. The topological polar surface area (TPSA) is 66.4 Å². The van der Waals surface area contributed by atoms with E-state index in [0.717, 1.165) is 0 Å². The van der Waals surface area contributed by atoms with Crippen LogP contribution >= 0.6 is 11.6 Å². The van der Waals surface area contributed by atoms with Crippen molar-refractivity contribution < 1.29 is 23.5 Å². The number of benzene rings is 2. The van der Waals surface area contributed by atoms with Crippen LogP contribution in [0.5, 0.6) is 0 Å². The van der Waals surface area contributed by atoms with E-state index in [-0.39, 0.29) is 0 Å². The summed E-state index contributed by atoms with van der Waals surface area (Å²) in [6.07, 6.45) is 0. The van der Waals surface area contributed by atoms with Gasteiger partial charge in [0.2, 0.25) is 0 Å². The number of nitrogens with one attached hydrogen (secondary N) is 1. The van der Waals surface area contributed by atoms with Crippen LogP contribution in [0, 0.1) is 11.6 Å². The average Bonchev–Trinajstić information content (AvgIpc) is 2.41. The molecule has 0 spiro atoms. The van der Waals surface area contributed by atoms with Crippen molar-refractivity contribution in [2.24, 2.45) is 0 Å². The molecule has 0 saturated heterocycles. The van der Waals surface area contributed by atoms with E-state index in [1.807, 2.05) is 0 Å². The Morgan fingerprint density at radius 3 is 2.24 bits per heavy atom. The fraction of sp³-hybridized carbons (Fsp3) is 0. The molecule has 2 rings (SSSR count). The monoisotopic (exact) mass is 311 g/mol. The standard InChI is InChI=1S/C14H8ClF2NO3/c15-7-2-1-3-8(4-7)18-13(19)9-5-11(16)12(17)6-10(9)14(20)21/h1-6H,(H,18,19)(H,20,21). The summed E-state index contributed by atoms with van der Waals surface area (Å²) in [4.78, 5) is 23.0. The fourth-order valence-corrected chi connectivity index (χ4v) is 1.87. The molecule has 2 aromatic carbocycles. The molecule has 0 aliphatic heterocycles. The SMILES string of the molecule is O=C(O)c1cc(F)c(F)cc1C(=O)Nc1cccc(Cl)c1. The van der Waals surface area contributed by atoms with Gasteiger partial charge < -0.3 is 10.4 Å². The van der Waals surface area contributed by atoms with Crippen molar-refractivity contribution in [3.8, 4) is 0 Å². The van der Waals surface area contributed by atoms with Gasteiger partial charge in [-0.2, -0.15) is 0 Å². The predicted octanol–water partition coefficient (Wildman–Crippen LogP) is 3.57. The van der Waals surface area contributed by atoms with Crippen LogP contribution in [0.2, 0.25) is 5.02 Å². The zero-order valence-electron chi connectivity index (χ0n) is 10.4. The molecule has 2 aromatic rings. The van der Waals surface area contributed by atoms with Crippen LogP contribution in [0.1, 0.15) is 20.7 Å². The van der Waals surface area contributed by atoms with Crippen molar-refractivity contribution in [3.05, 3.63) is 64.2 Å². The Morgan fingerprint density at radius 1 is 1.05 bits per heavy atom. The zero-order chi connectivity index (χ0) is 15.6. The molecule has 0 aliphatic rings. The van der Waals surface area contributed by atoms with E-state index in [1.54, 1.807) is 12.1 Å². The van der Waals surface area contributed by atoms with Crippen LogP contribution < -0.4 is 5.32 Å². The Balaban J connectivity index is 2.39. The van der Waals surface area contributed by atoms with E-state index >= 15 is 0 Å². The van der Waals surface area contributed by atoms with Crippen molar-refractivity contribution >= 4 is 29.2 Å². The summed E-state index contributed by atoms with van der Waals surface area (Å²) in [7, 11) is 0. The third-order valence-corrected chi connectivity index (χ3v) is 2.85. The molecular weight excluding hydrogens is 304 g/mol. The summed E-state index contributed by atoms with van der Waals surface area (Å²) in [5, 5.41) is 11.7. The van der Waals surface area contributed by atoms with Gasteiger partial charge in [-0.25, -0.2) is 13.6 Å². The van der Waals surface area contributed by atoms with Crippen LogP contribution in [0.4, 0.5) is 14.5 Å². The smallest absolute Gasteiger partial charge is 0.336 e. The van der Waals surface area contributed by atoms with Gasteiger partial charge in [-0.05, 0) is 30.3 Å². The van der Waals surface area contributed by atoms with Crippen molar-refractivity contribution in [1.82, 2.24) is 0 Å². The van der Waals surface area contributed by atoms with Gasteiger partial charge in [-0.15, -0.1) is 0 Å². The molecule has 108 valence electrons. The van der Waals surface area contributed by atoms with Crippen molar-refractivity contribution in [2.45, 2.75) is 0 Å². The van der Waals surface area contributed by atoms with E-state index in [1.165, 1.54) is 12.1 Å². The van der Waals surface area contributed by atoms with E-state index < -0.39 is 34.6 Å². The Hall–Kier alpha value is -2.47. The molecule has 0 aliphatic carbocycles. The maximum absolute atomic E-state index is 13.2. The van der Waals surface area contributed by atoms with Crippen molar-refractivity contribution in [3.63, 3.8) is 0 Å². The van der Waals surface area contributed by atoms with Crippen LogP contribution in [-0.2, 0) is 0 Å². The number of carboxylic acid groups (broad SMARTS) is 1. The summed E-state index contributed by atoms with van der Waals surface area (Å²) in [5.41, 5.74) is -0.816. The molecule has 2 N–H and O–H groups in total. The number of hydrogen-bond acceptors (Lipinski definition) is 2. The predicted molar refractivity (Wildman–Crippen MR) is 72.7 cm³/mol. The molecule has 0 atom stereocenters. The van der Waals surface area contributed by atoms with Gasteiger partial charge in [0.05, 0.1) is 11.1 Å². The van der Waals surface area contributed by atoms with Gasteiger partial charge in [0.25, 0.3) is 5.91 Å². The first kappa shape index (κ1) is 14.9. The Bertz CT molecular complexity index is 734. The molecule has 7 heteroatoms. The van der Waals surface area contributed by atoms with Crippen LogP contribution in [0.25, 0.3) is 0 Å². The largest absolute Gasteiger partial charge is 0.478 e. The second-order valence-corrected chi connectivity index (χ2v) is 4.52. The third kappa shape index (κ3) is 3.35. The van der Waals surface area contributed by atoms with Gasteiger partial charge in [-0.1, -0.05) is 17.7 Å². The number of carbonyl (C=O) groups is 2. The number of hydrogen-bond donors (Lipinski definition) is 2. The molecular formula is C14H8ClF2NO3. The zero-order valence-corrected chi connectivity index (χ0v) is 11.1. The Kier molecular flexibility index (Phi) is 4.18. The number of rotatable bonds is 3. The number of carboxylic acids is 1. The molecule has 0 saturated carbocycles. The normalized spacial score (nSPS) is 10.2. The summed E-state index contributed by atoms with van der Waals surface area (Å²) in [6, 6.07) is 7.10. The first-order valence-electron chi connectivity index (χ1n) is 5.67. The van der Waals surface area contributed by atoms with Gasteiger partial charge in [0.15, 0.2) is 11.6 Å². The van der Waals surface area contributed by atoms with E-state index in [0.29, 0.717) is 22.8 Å². The molecule has 4 nitrogen and oxygen atoms in total. The molecule has 0 bridgehead atoms. The van der Waals surface area contributed by atoms with Gasteiger partial charge in [-0.3, -0.25) is 4.79 Å². The lowest BCUT2D eigenvalue weighted by atomic mass is 10.1. The molecule has 0 fully saturated rings. The van der Waals surface area contributed by atoms with E-state index in [2.05, 4.69) is 5.32 Å². The lowest BCUT2D eigenvalue weighted by Gasteiger charge is -2.09. The first-order valence-corrected chi connectivity index (χ1v) is 6.05. The highest BCUT2D eigenvalue weighted by atomic mass is 35.5. The quantitative estimate of drug-likeness (QED) is 0.910. The van der Waals surface area contributed by atoms with Crippen molar-refractivity contribution in [1.29, 1.82) is 0 Å². The lowest BCUT2D eigenvalue weighted by molar-refractivity contribution is 0.0691. The van der Waals surface area contributed by atoms with Gasteiger partial charge >= 0.3 is 5.97 Å². The highest BCUT2D eigenvalue weighted by molar-refractivity contribution is 6.31. The number of aromatic carboxylic acids is 1. The minimum absolute atomic E-state index is 0.300. The number of anilines is 1. The Labute approximate surface area is 123 Å². The fourth-order valence-electron chi connectivity index (χ4n) is 1.68. The van der Waals surface area contributed by atoms with Gasteiger partial charge in [0.1, 0.15) is 0 Å². The average molecular weight is 312 g/mol. The van der Waals surface area contributed by atoms with Crippen LogP contribution in [0.15, 0.2) is 36.4 Å². The molecule has 0 heterocycles. The summed E-state index contributed by atoms with van der Waals surface area (Å²) in [5.74, 6) is -5.07. The minimum atomic E-state index is -1.54. The maximum Gasteiger partial charge on any atom is 0.336 e. The summed E-state index contributed by atoms with van der Waals surface area (Å²) >= 11 is 5.75. The maximum atomic E-state index is 13.2. The molecule has 0 aromatic heterocycles. The van der Waals surface area contributed by atoms with E-state index in [4.69, 9.17) is 16.7 Å². The Morgan fingerprint density at radius 2 is 1.67 bits per heavy atom. The third-order valence-electron chi connectivity index (χ3n) is 2.62. The van der Waals surface area contributed by atoms with Crippen LogP contribution in [0.3, 0.4) is 0 Å². The van der Waals surface area contributed by atoms with Crippen molar-refractivity contribution in [2.75, 3.05) is 5.32 Å². The second kappa shape index (κ2) is 5.88. The van der Waals surface area contributed by atoms with E-state index in [9.17, 15) is 18.4 Å². The molecule has 0 radical (unpaired) electrons. The summed E-state index contributed by atoms with van der Waals surface area (Å²) < 4.78 is 26.3.